The summed E-state index contributed by atoms with van der Waals surface area (Å²) in [5.41, 5.74) is 0.874. The summed E-state index contributed by atoms with van der Waals surface area (Å²) in [5, 5.41) is 0.180. The van der Waals surface area contributed by atoms with E-state index in [4.69, 9.17) is 11.6 Å². The van der Waals surface area contributed by atoms with Crippen molar-refractivity contribution in [1.82, 2.24) is 9.62 Å². The van der Waals surface area contributed by atoms with Gasteiger partial charge < -0.3 is 4.90 Å². The van der Waals surface area contributed by atoms with Gasteiger partial charge in [0.05, 0.1) is 5.25 Å². The highest BCUT2D eigenvalue weighted by Gasteiger charge is 2.24. The van der Waals surface area contributed by atoms with Crippen LogP contribution in [-0.2, 0) is 14.8 Å². The van der Waals surface area contributed by atoms with E-state index in [1.807, 2.05) is 12.1 Å². The van der Waals surface area contributed by atoms with Crippen LogP contribution in [0, 0.1) is 5.92 Å². The van der Waals surface area contributed by atoms with E-state index in [9.17, 15) is 13.2 Å². The molecule has 0 aliphatic carbocycles. The van der Waals surface area contributed by atoms with Gasteiger partial charge in [0, 0.05) is 30.7 Å². The molecule has 1 heterocycles. The molecule has 1 aromatic carbocycles. The van der Waals surface area contributed by atoms with Gasteiger partial charge in [0.25, 0.3) is 0 Å². The molecule has 1 aliphatic heterocycles. The van der Waals surface area contributed by atoms with Crippen LogP contribution in [0.3, 0.4) is 0 Å². The lowest BCUT2D eigenvalue weighted by Crippen LogP contribution is -2.44. The minimum Gasteiger partial charge on any atom is -0.339 e. The first-order valence-corrected chi connectivity index (χ1v) is 10.4. The summed E-state index contributed by atoms with van der Waals surface area (Å²) < 4.78 is 26.4. The summed E-state index contributed by atoms with van der Waals surface area (Å²) in [5.74, 6) is 0.0854. The van der Waals surface area contributed by atoms with Gasteiger partial charge in [-0.15, -0.1) is 0 Å². The topological polar surface area (TPSA) is 66.5 Å². The highest BCUT2D eigenvalue weighted by molar-refractivity contribution is 7.90. The van der Waals surface area contributed by atoms with Crippen LogP contribution in [0.25, 0.3) is 6.08 Å². The number of likely N-dealkylation sites (tertiary alicyclic amines) is 1. The van der Waals surface area contributed by atoms with Crippen LogP contribution in [0.15, 0.2) is 30.3 Å². The van der Waals surface area contributed by atoms with Crippen LogP contribution in [0.2, 0.25) is 5.02 Å². The summed E-state index contributed by atoms with van der Waals surface area (Å²) in [6.45, 7) is 4.95. The lowest BCUT2D eigenvalue weighted by molar-refractivity contribution is -0.127. The Hall–Kier alpha value is -1.37. The van der Waals surface area contributed by atoms with E-state index in [2.05, 4.69) is 4.72 Å². The standard InChI is InChI=1S/C18H25ClN2O3S/c1-14(2)25(23,24)20-12-16-6-4-10-21(13-16)18(22)9-8-15-5-3-7-17(19)11-15/h3,5,7-9,11,14,16,20H,4,6,10,12-13H2,1-2H3. The third-order valence-electron chi connectivity index (χ3n) is 4.29. The van der Waals surface area contributed by atoms with Crippen molar-refractivity contribution < 1.29 is 13.2 Å². The molecule has 1 aromatic rings. The van der Waals surface area contributed by atoms with E-state index < -0.39 is 15.3 Å². The molecule has 7 heteroatoms. The Morgan fingerprint density at radius 1 is 1.44 bits per heavy atom. The molecule has 138 valence electrons. The number of halogens is 1. The molecule has 5 nitrogen and oxygen atoms in total. The van der Waals surface area contributed by atoms with Crippen molar-refractivity contribution in [3.05, 3.63) is 40.9 Å². The summed E-state index contributed by atoms with van der Waals surface area (Å²) in [6, 6.07) is 7.30. The summed E-state index contributed by atoms with van der Waals surface area (Å²) in [6.07, 6.45) is 5.10. The highest BCUT2D eigenvalue weighted by Crippen LogP contribution is 2.17. The number of hydrogen-bond acceptors (Lipinski definition) is 3. The smallest absolute Gasteiger partial charge is 0.246 e. The fraction of sp³-hybridized carbons (Fsp3) is 0.500. The normalized spacial score (nSPS) is 18.9. The summed E-state index contributed by atoms with van der Waals surface area (Å²) >= 11 is 5.94. The van der Waals surface area contributed by atoms with Gasteiger partial charge in [-0.2, -0.15) is 0 Å². The Labute approximate surface area is 155 Å². The zero-order chi connectivity index (χ0) is 18.4. The average molecular weight is 385 g/mol. The fourth-order valence-electron chi connectivity index (χ4n) is 2.72. The lowest BCUT2D eigenvalue weighted by Gasteiger charge is -2.32. The van der Waals surface area contributed by atoms with Crippen molar-refractivity contribution in [2.75, 3.05) is 19.6 Å². The molecule has 0 saturated carbocycles. The number of benzene rings is 1. The predicted molar refractivity (Wildman–Crippen MR) is 102 cm³/mol. The number of nitrogens with zero attached hydrogens (tertiary/aromatic N) is 1. The molecule has 1 unspecified atom stereocenters. The molecule has 0 bridgehead atoms. The van der Waals surface area contributed by atoms with Crippen LogP contribution in [-0.4, -0.2) is 44.1 Å². The number of piperidine rings is 1. The summed E-state index contributed by atoms with van der Waals surface area (Å²) in [4.78, 5) is 14.2. The van der Waals surface area contributed by atoms with Crippen LogP contribution in [0.1, 0.15) is 32.3 Å². The fourth-order valence-corrected chi connectivity index (χ4v) is 3.72. The zero-order valence-corrected chi connectivity index (χ0v) is 16.2. The van der Waals surface area contributed by atoms with E-state index in [1.54, 1.807) is 43.0 Å². The van der Waals surface area contributed by atoms with Gasteiger partial charge in [0.2, 0.25) is 15.9 Å². The van der Waals surface area contributed by atoms with Crippen molar-refractivity contribution in [1.29, 1.82) is 0 Å². The average Bonchev–Trinajstić information content (AvgIpc) is 2.58. The second-order valence-corrected chi connectivity index (χ2v) is 9.38. The Morgan fingerprint density at radius 2 is 2.20 bits per heavy atom. The Kier molecular flexibility index (Phi) is 7.04. The van der Waals surface area contributed by atoms with Gasteiger partial charge in [-0.25, -0.2) is 13.1 Å². The van der Waals surface area contributed by atoms with E-state index >= 15 is 0 Å². The third-order valence-corrected chi connectivity index (χ3v) is 6.34. The Bertz CT molecular complexity index is 732. The summed E-state index contributed by atoms with van der Waals surface area (Å²) in [7, 11) is -3.27. The molecular weight excluding hydrogens is 360 g/mol. The number of sulfonamides is 1. The number of carbonyl (C=O) groups is 1. The second kappa shape index (κ2) is 8.83. The van der Waals surface area contributed by atoms with E-state index in [0.717, 1.165) is 18.4 Å². The van der Waals surface area contributed by atoms with Gasteiger partial charge in [0.15, 0.2) is 0 Å². The first-order valence-electron chi connectivity index (χ1n) is 8.49. The van der Waals surface area contributed by atoms with Crippen molar-refractivity contribution in [3.63, 3.8) is 0 Å². The zero-order valence-electron chi connectivity index (χ0n) is 14.6. The monoisotopic (exact) mass is 384 g/mol. The Balaban J connectivity index is 1.90. The first kappa shape index (κ1) is 19.9. The van der Waals surface area contributed by atoms with Crippen LogP contribution >= 0.6 is 11.6 Å². The highest BCUT2D eigenvalue weighted by atomic mass is 35.5. The predicted octanol–water partition coefficient (Wildman–Crippen LogP) is 2.92. The van der Waals surface area contributed by atoms with Gasteiger partial charge in [-0.05, 0) is 56.4 Å². The molecule has 1 atom stereocenters. The molecule has 0 spiro atoms. The third kappa shape index (κ3) is 6.13. The maximum absolute atomic E-state index is 12.4. The SMILES string of the molecule is CC(C)S(=O)(=O)NCC1CCCN(C(=O)C=Cc2cccc(Cl)c2)C1. The minimum absolute atomic E-state index is 0.0589. The number of carbonyl (C=O) groups excluding carboxylic acids is 1. The largest absolute Gasteiger partial charge is 0.339 e. The second-order valence-electron chi connectivity index (χ2n) is 6.62. The molecule has 0 aromatic heterocycles. The van der Waals surface area contributed by atoms with Crippen molar-refractivity contribution >= 4 is 33.6 Å². The molecule has 1 amide bonds. The number of amides is 1. The maximum atomic E-state index is 12.4. The van der Waals surface area contributed by atoms with Crippen molar-refractivity contribution in [2.45, 2.75) is 31.9 Å². The van der Waals surface area contributed by atoms with E-state index in [0.29, 0.717) is 24.7 Å². The van der Waals surface area contributed by atoms with Crippen molar-refractivity contribution in [2.24, 2.45) is 5.92 Å². The van der Waals surface area contributed by atoms with E-state index in [-0.39, 0.29) is 11.8 Å². The number of rotatable bonds is 6. The van der Waals surface area contributed by atoms with Crippen LogP contribution < -0.4 is 4.72 Å². The van der Waals surface area contributed by atoms with Crippen LogP contribution in [0.5, 0.6) is 0 Å². The molecule has 2 rings (SSSR count). The molecule has 1 fully saturated rings. The molecule has 1 N–H and O–H groups in total. The van der Waals surface area contributed by atoms with Gasteiger partial charge in [-0.3, -0.25) is 4.79 Å². The molecule has 1 aliphatic rings. The Morgan fingerprint density at radius 3 is 2.88 bits per heavy atom. The van der Waals surface area contributed by atoms with E-state index in [1.165, 1.54) is 0 Å². The minimum atomic E-state index is -3.27. The molecular formula is C18H25ClN2O3S. The quantitative estimate of drug-likeness (QED) is 0.767. The van der Waals surface area contributed by atoms with Gasteiger partial charge >= 0.3 is 0 Å². The van der Waals surface area contributed by atoms with Gasteiger partial charge in [-0.1, -0.05) is 23.7 Å². The maximum Gasteiger partial charge on any atom is 0.246 e. The first-order chi connectivity index (χ1) is 11.8. The number of hydrogen-bond donors (Lipinski definition) is 1. The lowest BCUT2D eigenvalue weighted by atomic mass is 9.98. The van der Waals surface area contributed by atoms with Gasteiger partial charge in [0.1, 0.15) is 0 Å². The van der Waals surface area contributed by atoms with Crippen molar-refractivity contribution in [3.8, 4) is 0 Å². The van der Waals surface area contributed by atoms with Crippen LogP contribution in [0.4, 0.5) is 0 Å². The molecule has 1 saturated heterocycles. The number of nitrogens with one attached hydrogen (secondary N) is 1. The molecule has 0 radical (unpaired) electrons. The molecule has 25 heavy (non-hydrogen) atoms.